The molecule has 2 nitrogen and oxygen atoms in total. The van der Waals surface area contributed by atoms with Crippen LogP contribution in [0.15, 0.2) is 103 Å². The Bertz CT molecular complexity index is 2120. The van der Waals surface area contributed by atoms with Crippen LogP contribution < -0.4 is 0 Å². The Hall–Kier alpha value is -4.19. The van der Waals surface area contributed by atoms with Crippen LogP contribution in [-0.4, -0.2) is 8.75 Å². The third kappa shape index (κ3) is 6.52. The van der Waals surface area contributed by atoms with E-state index >= 15 is 4.39 Å². The maximum atomic E-state index is 15.2. The fourth-order valence-corrected chi connectivity index (χ4v) is 8.25. The fourth-order valence-electron chi connectivity index (χ4n) is 6.62. The normalized spacial score (nSPS) is 11.6. The summed E-state index contributed by atoms with van der Waals surface area (Å²) < 4.78 is 24.9. The molecule has 0 bridgehead atoms. The van der Waals surface area contributed by atoms with Crippen molar-refractivity contribution in [3.8, 4) is 43.1 Å². The lowest BCUT2D eigenvalue weighted by Gasteiger charge is -2.13. The van der Waals surface area contributed by atoms with E-state index in [-0.39, 0.29) is 5.82 Å². The van der Waals surface area contributed by atoms with Crippen molar-refractivity contribution in [3.63, 3.8) is 0 Å². The van der Waals surface area contributed by atoms with Crippen molar-refractivity contribution in [3.05, 3.63) is 120 Å². The first-order valence-electron chi connectivity index (χ1n) is 16.9. The molecule has 7 rings (SSSR count). The van der Waals surface area contributed by atoms with E-state index in [0.29, 0.717) is 5.56 Å². The van der Waals surface area contributed by atoms with Gasteiger partial charge in [-0.1, -0.05) is 124 Å². The monoisotopic (exact) mass is 654 g/mol. The molecule has 0 saturated heterocycles. The van der Waals surface area contributed by atoms with E-state index in [1.165, 1.54) is 58.3 Å². The topological polar surface area (TPSA) is 25.8 Å². The highest BCUT2D eigenvalue weighted by Gasteiger charge is 2.21. The molecular formula is C42H39FN2S2. The fraction of sp³-hybridized carbons (Fsp3) is 0.238. The molecule has 0 aliphatic rings. The van der Waals surface area contributed by atoms with Crippen LogP contribution in [-0.2, 0) is 12.8 Å². The first-order chi connectivity index (χ1) is 23.1. The Morgan fingerprint density at radius 2 is 1.13 bits per heavy atom. The second kappa shape index (κ2) is 14.3. The number of nitrogens with zero attached hydrogens (tertiary/aromatic N) is 2. The predicted molar refractivity (Wildman–Crippen MR) is 201 cm³/mol. The summed E-state index contributed by atoms with van der Waals surface area (Å²) in [5.74, 6) is -0.161. The van der Waals surface area contributed by atoms with Gasteiger partial charge in [0, 0.05) is 26.4 Å². The summed E-state index contributed by atoms with van der Waals surface area (Å²) in [7, 11) is 0. The zero-order valence-corrected chi connectivity index (χ0v) is 28.7. The number of aryl methyl sites for hydroxylation is 2. The Labute approximate surface area is 285 Å². The number of benzene rings is 5. The molecule has 0 amide bonds. The summed E-state index contributed by atoms with van der Waals surface area (Å²) in [5, 5.41) is 2.31. The average Bonchev–Trinajstić information content (AvgIpc) is 3.79. The van der Waals surface area contributed by atoms with Gasteiger partial charge in [0.1, 0.15) is 16.9 Å². The minimum Gasteiger partial charge on any atom is -0.206 e. The van der Waals surface area contributed by atoms with Crippen LogP contribution in [0.1, 0.15) is 63.5 Å². The van der Waals surface area contributed by atoms with Crippen LogP contribution in [0.3, 0.4) is 0 Å². The molecule has 0 N–H and O–H groups in total. The SMILES string of the molecule is CCCCCc1ccc(-c2ccc(-c3c4ccccc4c(-c4ccc(-c5ccc(CCCCC)cc5F)cc4)c4nsnc34)s2)cc1. The lowest BCUT2D eigenvalue weighted by Crippen LogP contribution is -1.91. The first kappa shape index (κ1) is 31.4. The molecular weight excluding hydrogens is 616 g/mol. The van der Waals surface area contributed by atoms with E-state index in [2.05, 4.69) is 92.7 Å². The van der Waals surface area contributed by atoms with Crippen molar-refractivity contribution < 1.29 is 4.39 Å². The highest BCUT2D eigenvalue weighted by atomic mass is 32.1. The van der Waals surface area contributed by atoms with E-state index in [1.807, 2.05) is 29.5 Å². The molecule has 0 saturated carbocycles. The lowest BCUT2D eigenvalue weighted by atomic mass is 9.91. The van der Waals surface area contributed by atoms with Crippen LogP contribution in [0.2, 0.25) is 0 Å². The molecule has 0 radical (unpaired) electrons. The summed E-state index contributed by atoms with van der Waals surface area (Å²) in [6.45, 7) is 4.44. The average molecular weight is 655 g/mol. The smallest absolute Gasteiger partial charge is 0.131 e. The first-order valence-corrected chi connectivity index (χ1v) is 18.4. The molecule has 5 heteroatoms. The van der Waals surface area contributed by atoms with Crippen LogP contribution in [0.25, 0.3) is 64.9 Å². The van der Waals surface area contributed by atoms with Crippen LogP contribution in [0, 0.1) is 5.82 Å². The van der Waals surface area contributed by atoms with Gasteiger partial charge >= 0.3 is 0 Å². The Kier molecular flexibility index (Phi) is 9.55. The van der Waals surface area contributed by atoms with Crippen molar-refractivity contribution in [2.24, 2.45) is 0 Å². The molecule has 2 aromatic heterocycles. The van der Waals surface area contributed by atoms with Crippen LogP contribution in [0.5, 0.6) is 0 Å². The third-order valence-electron chi connectivity index (χ3n) is 9.17. The largest absolute Gasteiger partial charge is 0.206 e. The van der Waals surface area contributed by atoms with Gasteiger partial charge < -0.3 is 0 Å². The molecule has 0 spiro atoms. The summed E-state index contributed by atoms with van der Waals surface area (Å²) >= 11 is 3.07. The summed E-state index contributed by atoms with van der Waals surface area (Å²) in [6, 6.07) is 36.1. The van der Waals surface area contributed by atoms with E-state index in [4.69, 9.17) is 8.75 Å². The van der Waals surface area contributed by atoms with Crippen LogP contribution >= 0.6 is 23.1 Å². The number of fused-ring (bicyclic) bond motifs is 2. The minimum atomic E-state index is -0.161. The molecule has 0 fully saturated rings. The molecule has 0 unspecified atom stereocenters. The Morgan fingerprint density at radius 1 is 0.553 bits per heavy atom. The van der Waals surface area contributed by atoms with Gasteiger partial charge in [-0.3, -0.25) is 0 Å². The molecule has 2 heterocycles. The zero-order chi connectivity index (χ0) is 32.2. The van der Waals surface area contributed by atoms with Gasteiger partial charge in [0.15, 0.2) is 0 Å². The van der Waals surface area contributed by atoms with E-state index in [0.717, 1.165) is 75.3 Å². The van der Waals surface area contributed by atoms with Crippen molar-refractivity contribution in [1.29, 1.82) is 0 Å². The molecule has 0 aliphatic carbocycles. The van der Waals surface area contributed by atoms with Gasteiger partial charge in [-0.25, -0.2) is 4.39 Å². The van der Waals surface area contributed by atoms with Gasteiger partial charge in [0.05, 0.1) is 11.7 Å². The lowest BCUT2D eigenvalue weighted by molar-refractivity contribution is 0.626. The third-order valence-corrected chi connectivity index (χ3v) is 10.9. The molecule has 47 heavy (non-hydrogen) atoms. The molecule has 0 aliphatic heterocycles. The maximum absolute atomic E-state index is 15.2. The summed E-state index contributed by atoms with van der Waals surface area (Å²) in [4.78, 5) is 2.44. The van der Waals surface area contributed by atoms with Crippen molar-refractivity contribution >= 4 is 44.9 Å². The van der Waals surface area contributed by atoms with E-state index in [9.17, 15) is 0 Å². The summed E-state index contributed by atoms with van der Waals surface area (Å²) in [5.41, 5.74) is 10.3. The Balaban J connectivity index is 1.23. The molecule has 7 aromatic rings. The predicted octanol–water partition coefficient (Wildman–Crippen LogP) is 13.2. The van der Waals surface area contributed by atoms with E-state index in [1.54, 1.807) is 6.07 Å². The van der Waals surface area contributed by atoms with Gasteiger partial charge in [-0.05, 0) is 82.5 Å². The maximum Gasteiger partial charge on any atom is 0.131 e. The van der Waals surface area contributed by atoms with Gasteiger partial charge in [-0.15, -0.1) is 11.3 Å². The minimum absolute atomic E-state index is 0.161. The quantitative estimate of drug-likeness (QED) is 0.123. The number of unbranched alkanes of at least 4 members (excludes halogenated alkanes) is 4. The van der Waals surface area contributed by atoms with Gasteiger partial charge in [-0.2, -0.15) is 8.75 Å². The second-order valence-electron chi connectivity index (χ2n) is 12.4. The highest BCUT2D eigenvalue weighted by Crippen LogP contribution is 2.46. The standard InChI is InChI=1S/C42H39FN2S2/c1-3-5-7-11-28-15-18-31(19-16-28)37-25-26-38(46-37)40-35-14-10-9-13-34(35)39(41-42(40)45-47-44-41)32-22-20-30(21-23-32)33-24-17-29(27-36(33)43)12-8-6-4-2/h9-10,13-27H,3-8,11-12H2,1-2H3. The zero-order valence-electron chi connectivity index (χ0n) is 27.1. The second-order valence-corrected chi connectivity index (χ2v) is 14.0. The van der Waals surface area contributed by atoms with Crippen molar-refractivity contribution in [1.82, 2.24) is 8.75 Å². The number of aromatic nitrogens is 2. The summed E-state index contributed by atoms with van der Waals surface area (Å²) in [6.07, 6.45) is 9.26. The van der Waals surface area contributed by atoms with Gasteiger partial charge in [0.25, 0.3) is 0 Å². The number of rotatable bonds is 12. The Morgan fingerprint density at radius 3 is 1.81 bits per heavy atom. The van der Waals surface area contributed by atoms with Crippen molar-refractivity contribution in [2.75, 3.05) is 0 Å². The molecule has 0 atom stereocenters. The van der Waals surface area contributed by atoms with Crippen molar-refractivity contribution in [2.45, 2.75) is 65.2 Å². The number of thiophene rings is 1. The molecule has 236 valence electrons. The van der Waals surface area contributed by atoms with Crippen LogP contribution in [0.4, 0.5) is 4.39 Å². The molecule has 5 aromatic carbocycles. The number of hydrogen-bond donors (Lipinski definition) is 0. The number of hydrogen-bond acceptors (Lipinski definition) is 4. The number of halogens is 1. The van der Waals surface area contributed by atoms with E-state index < -0.39 is 0 Å². The van der Waals surface area contributed by atoms with Gasteiger partial charge in [0.2, 0.25) is 0 Å². The highest BCUT2D eigenvalue weighted by molar-refractivity contribution is 7.19.